The Labute approximate surface area is 235 Å². The van der Waals surface area contributed by atoms with E-state index in [0.717, 1.165) is 42.0 Å². The number of hydrogen-bond acceptors (Lipinski definition) is 6. The highest BCUT2D eigenvalue weighted by molar-refractivity contribution is 5.76. The Hall–Kier alpha value is -2.62. The Morgan fingerprint density at radius 1 is 1.30 bits per heavy atom. The number of hydrogen-bond donors (Lipinski definition) is 2. The second kappa shape index (κ2) is 12.1. The number of carboxylic acids is 1. The second-order valence-corrected chi connectivity index (χ2v) is 12.0. The summed E-state index contributed by atoms with van der Waals surface area (Å²) in [5, 5.41) is 13.6. The highest BCUT2D eigenvalue weighted by Gasteiger charge is 2.45. The van der Waals surface area contributed by atoms with Gasteiger partial charge in [-0.3, -0.25) is 9.69 Å². The Kier molecular flexibility index (Phi) is 8.73. The highest BCUT2D eigenvalue weighted by Crippen LogP contribution is 2.40. The maximum absolute atomic E-state index is 15.3. The van der Waals surface area contributed by atoms with E-state index in [4.69, 9.17) is 9.47 Å². The van der Waals surface area contributed by atoms with Gasteiger partial charge in [-0.25, -0.2) is 13.8 Å². The lowest BCUT2D eigenvalue weighted by Gasteiger charge is -2.38. The lowest BCUT2D eigenvalue weighted by molar-refractivity contribution is -0.204. The van der Waals surface area contributed by atoms with Gasteiger partial charge in [-0.1, -0.05) is 29.8 Å². The smallest absolute Gasteiger partial charge is 0.325 e. The van der Waals surface area contributed by atoms with Crippen molar-refractivity contribution in [1.82, 2.24) is 9.88 Å². The molecule has 0 amide bonds. The van der Waals surface area contributed by atoms with Gasteiger partial charge in [0, 0.05) is 31.1 Å². The molecule has 0 saturated carbocycles. The second-order valence-electron chi connectivity index (χ2n) is 12.0. The average molecular weight is 558 g/mol. The van der Waals surface area contributed by atoms with E-state index in [1.807, 2.05) is 38.1 Å². The molecule has 2 N–H and O–H groups in total. The van der Waals surface area contributed by atoms with Crippen molar-refractivity contribution in [2.45, 2.75) is 83.0 Å². The first-order valence-electron chi connectivity index (χ1n) is 14.5. The number of aliphatic carboxylic acids is 1. The van der Waals surface area contributed by atoms with Crippen LogP contribution in [0.5, 0.6) is 0 Å². The summed E-state index contributed by atoms with van der Waals surface area (Å²) in [6.07, 6.45) is 3.93. The fourth-order valence-corrected chi connectivity index (χ4v) is 6.06. The molecule has 2 saturated heterocycles. The number of pyridine rings is 1. The minimum absolute atomic E-state index is 0.0573. The van der Waals surface area contributed by atoms with Crippen LogP contribution in [0.2, 0.25) is 0 Å². The minimum Gasteiger partial charge on any atom is -0.480 e. The number of ether oxygens (including phenoxy) is 2. The van der Waals surface area contributed by atoms with E-state index >= 15 is 8.78 Å². The fourth-order valence-electron chi connectivity index (χ4n) is 6.06. The molecule has 2 aromatic rings. The summed E-state index contributed by atoms with van der Waals surface area (Å²) in [5.74, 6) is -3.81. The first-order valence-corrected chi connectivity index (χ1v) is 14.5. The number of rotatable bonds is 12. The van der Waals surface area contributed by atoms with E-state index < -0.39 is 23.9 Å². The summed E-state index contributed by atoms with van der Waals surface area (Å²) in [4.78, 5) is 18.9. The summed E-state index contributed by atoms with van der Waals surface area (Å²) >= 11 is 0. The lowest BCUT2D eigenvalue weighted by atomic mass is 9.94. The van der Waals surface area contributed by atoms with E-state index in [-0.39, 0.29) is 31.6 Å². The van der Waals surface area contributed by atoms with Crippen LogP contribution in [0.1, 0.15) is 73.0 Å². The van der Waals surface area contributed by atoms with Crippen LogP contribution in [0.15, 0.2) is 30.3 Å². The van der Waals surface area contributed by atoms with Gasteiger partial charge >= 0.3 is 5.97 Å². The number of nitrogens with zero attached hydrogens (tertiary/aromatic N) is 2. The van der Waals surface area contributed by atoms with E-state index in [1.165, 1.54) is 5.56 Å². The number of carboxylic acid groups (broad SMARTS) is 1. The standard InChI is InChI=1S/C31H41F2N3O4/c1-21-8-9-23(18-40-30(2)19-39-20-30)26(16-21)27(29(37)38)36-15-12-24(17-36)31(32,33)13-4-3-7-25-11-10-22-6-5-14-34-28(22)35-25/h8-11,16,24,27H,3-7,12-15,17-20H2,1-2H3,(H,34,35)(H,37,38)/t24-,27?/m1/s1. The van der Waals surface area contributed by atoms with Crippen LogP contribution in [-0.2, 0) is 33.7 Å². The molecule has 9 heteroatoms. The van der Waals surface area contributed by atoms with Crippen LogP contribution < -0.4 is 5.32 Å². The quantitative estimate of drug-likeness (QED) is 0.331. The number of likely N-dealkylation sites (tertiary alicyclic amines) is 1. The van der Waals surface area contributed by atoms with Crippen LogP contribution in [-0.4, -0.2) is 65.3 Å². The molecule has 3 aliphatic heterocycles. The zero-order valence-corrected chi connectivity index (χ0v) is 23.6. The molecule has 0 spiro atoms. The highest BCUT2D eigenvalue weighted by atomic mass is 19.3. The number of carbonyl (C=O) groups is 1. The van der Waals surface area contributed by atoms with Crippen molar-refractivity contribution in [3.63, 3.8) is 0 Å². The van der Waals surface area contributed by atoms with E-state index in [1.54, 1.807) is 4.90 Å². The molecule has 7 nitrogen and oxygen atoms in total. The molecule has 40 heavy (non-hydrogen) atoms. The molecule has 0 radical (unpaired) electrons. The summed E-state index contributed by atoms with van der Waals surface area (Å²) in [5.41, 5.74) is 4.09. The third-order valence-electron chi connectivity index (χ3n) is 8.55. The summed E-state index contributed by atoms with van der Waals surface area (Å²) in [7, 11) is 0. The predicted octanol–water partition coefficient (Wildman–Crippen LogP) is 5.55. The number of unbranched alkanes of at least 4 members (excludes halogenated alkanes) is 1. The van der Waals surface area contributed by atoms with Gasteiger partial charge in [0.25, 0.3) is 5.92 Å². The van der Waals surface area contributed by atoms with E-state index in [2.05, 4.69) is 16.4 Å². The Balaban J connectivity index is 1.18. The first kappa shape index (κ1) is 28.9. The van der Waals surface area contributed by atoms with Crippen molar-refractivity contribution < 1.29 is 28.2 Å². The Morgan fingerprint density at radius 2 is 2.12 bits per heavy atom. The topological polar surface area (TPSA) is 83.9 Å². The van der Waals surface area contributed by atoms with Crippen LogP contribution in [0, 0.1) is 12.8 Å². The molecule has 218 valence electrons. The van der Waals surface area contributed by atoms with E-state index in [0.29, 0.717) is 44.6 Å². The predicted molar refractivity (Wildman–Crippen MR) is 149 cm³/mol. The first-order chi connectivity index (χ1) is 19.1. The number of nitrogens with one attached hydrogen (secondary N) is 1. The normalized spacial score (nSPS) is 21.4. The number of halogens is 2. The SMILES string of the molecule is Cc1ccc(COC2(C)COC2)c(C(C(=O)O)N2CC[C@@H](C(F)(F)CCCCc3ccc4c(n3)NCCC4)C2)c1. The molecule has 2 atom stereocenters. The summed E-state index contributed by atoms with van der Waals surface area (Å²) < 4.78 is 42.0. The summed E-state index contributed by atoms with van der Waals surface area (Å²) in [6, 6.07) is 8.78. The van der Waals surface area contributed by atoms with Crippen LogP contribution in [0.25, 0.3) is 0 Å². The number of benzene rings is 1. The van der Waals surface area contributed by atoms with Crippen molar-refractivity contribution in [3.8, 4) is 0 Å². The fraction of sp³-hybridized carbons (Fsp3) is 0.613. The molecule has 1 unspecified atom stereocenters. The van der Waals surface area contributed by atoms with Gasteiger partial charge in [-0.15, -0.1) is 0 Å². The lowest BCUT2D eigenvalue weighted by Crippen LogP contribution is -2.49. The van der Waals surface area contributed by atoms with Crippen molar-refractivity contribution >= 4 is 11.8 Å². The zero-order valence-electron chi connectivity index (χ0n) is 23.6. The Morgan fingerprint density at radius 3 is 2.88 bits per heavy atom. The van der Waals surface area contributed by atoms with Gasteiger partial charge in [0.2, 0.25) is 0 Å². The number of anilines is 1. The molecule has 4 heterocycles. The largest absolute Gasteiger partial charge is 0.480 e. The van der Waals surface area contributed by atoms with Crippen molar-refractivity contribution in [2.75, 3.05) is 38.2 Å². The van der Waals surface area contributed by atoms with Gasteiger partial charge in [0.05, 0.1) is 19.8 Å². The third-order valence-corrected chi connectivity index (χ3v) is 8.55. The molecule has 3 aliphatic rings. The number of aryl methyl sites for hydroxylation is 3. The molecule has 1 aromatic heterocycles. The van der Waals surface area contributed by atoms with Gasteiger partial charge in [-0.05, 0) is 81.7 Å². The molecule has 1 aromatic carbocycles. The molecular formula is C31H41F2N3O4. The van der Waals surface area contributed by atoms with Gasteiger partial charge in [-0.2, -0.15) is 0 Å². The van der Waals surface area contributed by atoms with Gasteiger partial charge in [0.1, 0.15) is 17.5 Å². The monoisotopic (exact) mass is 557 g/mol. The van der Waals surface area contributed by atoms with Crippen LogP contribution in [0.4, 0.5) is 14.6 Å². The molecular weight excluding hydrogens is 516 g/mol. The van der Waals surface area contributed by atoms with E-state index in [9.17, 15) is 9.90 Å². The number of fused-ring (bicyclic) bond motifs is 1. The van der Waals surface area contributed by atoms with Gasteiger partial charge in [0.15, 0.2) is 0 Å². The molecule has 2 fully saturated rings. The van der Waals surface area contributed by atoms with Crippen molar-refractivity contribution in [3.05, 3.63) is 58.3 Å². The molecule has 0 aliphatic carbocycles. The third kappa shape index (κ3) is 6.64. The molecule has 0 bridgehead atoms. The van der Waals surface area contributed by atoms with Crippen molar-refractivity contribution in [2.24, 2.45) is 5.92 Å². The zero-order chi connectivity index (χ0) is 28.3. The summed E-state index contributed by atoms with van der Waals surface area (Å²) in [6.45, 7) is 6.43. The van der Waals surface area contributed by atoms with Gasteiger partial charge < -0.3 is 19.9 Å². The number of alkyl halides is 2. The average Bonchev–Trinajstić information content (AvgIpc) is 3.40. The van der Waals surface area contributed by atoms with Crippen molar-refractivity contribution in [1.29, 1.82) is 0 Å². The maximum atomic E-state index is 15.3. The van der Waals surface area contributed by atoms with Crippen LogP contribution >= 0.6 is 0 Å². The minimum atomic E-state index is -2.85. The number of aromatic nitrogens is 1. The Bertz CT molecular complexity index is 1200. The maximum Gasteiger partial charge on any atom is 0.325 e. The van der Waals surface area contributed by atoms with Crippen LogP contribution in [0.3, 0.4) is 0 Å². The molecule has 5 rings (SSSR count).